The van der Waals surface area contributed by atoms with Crippen LogP contribution in [0.15, 0.2) is 28.1 Å². The van der Waals surface area contributed by atoms with Crippen LogP contribution in [0.5, 0.6) is 0 Å². The highest BCUT2D eigenvalue weighted by Crippen LogP contribution is 2.21. The number of aliphatic carboxylic acids is 1. The van der Waals surface area contributed by atoms with Gasteiger partial charge < -0.3 is 9.63 Å². The largest absolute Gasteiger partial charge is 0.480 e. The molecule has 2 aromatic rings. The van der Waals surface area contributed by atoms with Crippen LogP contribution in [0.3, 0.4) is 0 Å². The van der Waals surface area contributed by atoms with E-state index in [0.717, 1.165) is 0 Å². The van der Waals surface area contributed by atoms with Gasteiger partial charge in [0.25, 0.3) is 0 Å². The molecule has 1 atom stereocenters. The molecule has 1 unspecified atom stereocenters. The van der Waals surface area contributed by atoms with Crippen molar-refractivity contribution in [3.8, 4) is 0 Å². The summed E-state index contributed by atoms with van der Waals surface area (Å²) >= 11 is 1.17. The number of nitrogens with zero attached hydrogens (tertiary/aromatic N) is 1. The molecule has 7 nitrogen and oxygen atoms in total. The van der Waals surface area contributed by atoms with Crippen molar-refractivity contribution in [2.45, 2.75) is 18.7 Å². The summed E-state index contributed by atoms with van der Waals surface area (Å²) in [5.41, 5.74) is 0.559. The van der Waals surface area contributed by atoms with Gasteiger partial charge in [-0.25, -0.2) is 8.42 Å². The van der Waals surface area contributed by atoms with Crippen molar-refractivity contribution in [1.82, 2.24) is 9.88 Å². The summed E-state index contributed by atoms with van der Waals surface area (Å²) in [5, 5.41) is 14.4. The Morgan fingerprint density at radius 2 is 2.35 bits per heavy atom. The normalized spacial score (nSPS) is 13.2. The van der Waals surface area contributed by atoms with Crippen molar-refractivity contribution < 1.29 is 22.8 Å². The lowest BCUT2D eigenvalue weighted by molar-refractivity contribution is -0.139. The second-order valence-electron chi connectivity index (χ2n) is 4.10. The molecule has 2 aromatic heterocycles. The Labute approximate surface area is 119 Å². The summed E-state index contributed by atoms with van der Waals surface area (Å²) < 4.78 is 30.9. The molecule has 2 heterocycles. The Bertz CT molecular complexity index is 690. The van der Waals surface area contributed by atoms with E-state index in [9.17, 15) is 13.2 Å². The first kappa shape index (κ1) is 14.7. The second kappa shape index (κ2) is 5.73. The molecule has 0 amide bonds. The van der Waals surface area contributed by atoms with Gasteiger partial charge in [0, 0.05) is 10.9 Å². The van der Waals surface area contributed by atoms with Crippen LogP contribution in [0.1, 0.15) is 22.4 Å². The number of aromatic nitrogens is 1. The molecule has 0 saturated carbocycles. The fraction of sp³-hybridized carbons (Fsp3) is 0.273. The monoisotopic (exact) mass is 316 g/mol. The minimum absolute atomic E-state index is 0.158. The lowest BCUT2D eigenvalue weighted by Crippen LogP contribution is -2.34. The van der Waals surface area contributed by atoms with E-state index in [-0.39, 0.29) is 5.76 Å². The van der Waals surface area contributed by atoms with Crippen molar-refractivity contribution >= 4 is 27.3 Å². The summed E-state index contributed by atoms with van der Waals surface area (Å²) in [4.78, 5) is 11.6. The third-order valence-electron chi connectivity index (χ3n) is 2.38. The number of carbonyl (C=O) groups is 1. The van der Waals surface area contributed by atoms with Crippen LogP contribution in [0.2, 0.25) is 0 Å². The topological polar surface area (TPSA) is 110 Å². The van der Waals surface area contributed by atoms with Gasteiger partial charge in [0.15, 0.2) is 11.8 Å². The van der Waals surface area contributed by atoms with Crippen LogP contribution in [0.4, 0.5) is 0 Å². The first-order valence-electron chi connectivity index (χ1n) is 5.56. The van der Waals surface area contributed by atoms with Crippen molar-refractivity contribution in [3.63, 3.8) is 0 Å². The van der Waals surface area contributed by atoms with Crippen molar-refractivity contribution in [3.05, 3.63) is 39.9 Å². The van der Waals surface area contributed by atoms with Gasteiger partial charge in [0.05, 0.1) is 5.69 Å². The highest BCUT2D eigenvalue weighted by Gasteiger charge is 2.27. The average Bonchev–Trinajstić information content (AvgIpc) is 2.97. The molecule has 0 aliphatic carbocycles. The molecule has 0 aliphatic heterocycles. The number of rotatable bonds is 6. The predicted molar refractivity (Wildman–Crippen MR) is 71.7 cm³/mol. The summed E-state index contributed by atoms with van der Waals surface area (Å²) in [6.45, 7) is 1.67. The molecular formula is C11H12N2O5S2. The lowest BCUT2D eigenvalue weighted by Gasteiger charge is -2.12. The van der Waals surface area contributed by atoms with Crippen molar-refractivity contribution in [2.75, 3.05) is 0 Å². The Kier molecular flexibility index (Phi) is 4.21. The van der Waals surface area contributed by atoms with E-state index in [4.69, 9.17) is 9.63 Å². The summed E-state index contributed by atoms with van der Waals surface area (Å²) in [6, 6.07) is 3.40. The fourth-order valence-corrected chi connectivity index (χ4v) is 3.60. The molecule has 9 heteroatoms. The Hall–Kier alpha value is -1.71. The number of thiophene rings is 1. The zero-order chi connectivity index (χ0) is 14.8. The molecule has 0 bridgehead atoms. The highest BCUT2D eigenvalue weighted by molar-refractivity contribution is 7.88. The maximum Gasteiger partial charge on any atom is 0.327 e. The van der Waals surface area contributed by atoms with E-state index < -0.39 is 27.8 Å². The molecule has 2 rings (SSSR count). The molecule has 0 spiro atoms. The number of hydrogen-bond acceptors (Lipinski definition) is 6. The van der Waals surface area contributed by atoms with E-state index >= 15 is 0 Å². The summed E-state index contributed by atoms with van der Waals surface area (Å²) in [6.07, 6.45) is 0. The van der Waals surface area contributed by atoms with Crippen molar-refractivity contribution in [2.24, 2.45) is 0 Å². The average molecular weight is 316 g/mol. The third kappa shape index (κ3) is 3.65. The van der Waals surface area contributed by atoms with Gasteiger partial charge in [-0.05, 0) is 18.4 Å². The maximum atomic E-state index is 12.0. The summed E-state index contributed by atoms with van der Waals surface area (Å²) in [5.74, 6) is -1.56. The molecule has 2 N–H and O–H groups in total. The SMILES string of the molecule is Cc1cc(CS(=O)(=O)NC(C(=O)O)c2cccs2)on1. The van der Waals surface area contributed by atoms with Gasteiger partial charge in [-0.2, -0.15) is 4.72 Å². The second-order valence-corrected chi connectivity index (χ2v) is 6.83. The van der Waals surface area contributed by atoms with Crippen LogP contribution in [-0.4, -0.2) is 24.7 Å². The van der Waals surface area contributed by atoms with Crippen LogP contribution in [0, 0.1) is 6.92 Å². The van der Waals surface area contributed by atoms with Gasteiger partial charge in [0.2, 0.25) is 10.0 Å². The zero-order valence-corrected chi connectivity index (χ0v) is 12.1. The van der Waals surface area contributed by atoms with Gasteiger partial charge in [0.1, 0.15) is 5.75 Å². The molecule has 0 fully saturated rings. The molecule has 108 valence electrons. The van der Waals surface area contributed by atoms with E-state index in [1.807, 2.05) is 0 Å². The Balaban J connectivity index is 2.15. The molecule has 0 radical (unpaired) electrons. The lowest BCUT2D eigenvalue weighted by atomic mass is 10.3. The molecule has 20 heavy (non-hydrogen) atoms. The number of sulfonamides is 1. The standard InChI is InChI=1S/C11H12N2O5S2/c1-7-5-8(18-12-7)6-20(16,17)13-10(11(14)15)9-3-2-4-19-9/h2-5,10,13H,6H2,1H3,(H,14,15). The van der Waals surface area contributed by atoms with Gasteiger partial charge in [-0.1, -0.05) is 11.2 Å². The van der Waals surface area contributed by atoms with Crippen LogP contribution in [0.25, 0.3) is 0 Å². The number of hydrogen-bond donors (Lipinski definition) is 2. The molecule has 0 saturated heterocycles. The number of carboxylic acids is 1. The third-order valence-corrected chi connectivity index (χ3v) is 4.58. The molecular weight excluding hydrogens is 304 g/mol. The van der Waals surface area contributed by atoms with Gasteiger partial charge >= 0.3 is 5.97 Å². The number of aryl methyl sites for hydroxylation is 1. The highest BCUT2D eigenvalue weighted by atomic mass is 32.2. The minimum Gasteiger partial charge on any atom is -0.480 e. The number of carboxylic acid groups (broad SMARTS) is 1. The first-order valence-corrected chi connectivity index (χ1v) is 8.09. The summed E-state index contributed by atoms with van der Waals surface area (Å²) in [7, 11) is -3.85. The minimum atomic E-state index is -3.85. The first-order chi connectivity index (χ1) is 9.37. The van der Waals surface area contributed by atoms with Crippen molar-refractivity contribution in [1.29, 1.82) is 0 Å². The van der Waals surface area contributed by atoms with E-state index in [1.165, 1.54) is 17.4 Å². The van der Waals surface area contributed by atoms with Gasteiger partial charge in [-0.3, -0.25) is 4.79 Å². The Morgan fingerprint density at radius 3 is 2.85 bits per heavy atom. The number of nitrogens with one attached hydrogen (secondary N) is 1. The maximum absolute atomic E-state index is 12.0. The van der Waals surface area contributed by atoms with E-state index in [1.54, 1.807) is 24.4 Å². The van der Waals surface area contributed by atoms with Gasteiger partial charge in [-0.15, -0.1) is 11.3 Å². The van der Waals surface area contributed by atoms with Crippen LogP contribution in [-0.2, 0) is 20.6 Å². The predicted octanol–water partition coefficient (Wildman–Crippen LogP) is 1.29. The molecule has 0 aliphatic rings. The van der Waals surface area contributed by atoms with Crippen LogP contribution >= 0.6 is 11.3 Å². The zero-order valence-electron chi connectivity index (χ0n) is 10.4. The molecule has 0 aromatic carbocycles. The quantitative estimate of drug-likeness (QED) is 0.831. The van der Waals surface area contributed by atoms with E-state index in [0.29, 0.717) is 10.6 Å². The fourth-order valence-electron chi connectivity index (χ4n) is 1.58. The van der Waals surface area contributed by atoms with Crippen LogP contribution < -0.4 is 4.72 Å². The Morgan fingerprint density at radius 1 is 1.60 bits per heavy atom. The van der Waals surface area contributed by atoms with E-state index in [2.05, 4.69) is 9.88 Å². The smallest absolute Gasteiger partial charge is 0.327 e.